The quantitative estimate of drug-likeness (QED) is 0.746. The van der Waals surface area contributed by atoms with Crippen molar-refractivity contribution in [3.05, 3.63) is 23.8 Å². The highest BCUT2D eigenvalue weighted by Gasteiger charge is 2.30. The molecule has 1 heterocycles. The number of rotatable bonds is 3. The van der Waals surface area contributed by atoms with E-state index >= 15 is 0 Å². The second kappa shape index (κ2) is 4.57. The van der Waals surface area contributed by atoms with Crippen LogP contribution in [-0.2, 0) is 9.59 Å². The zero-order valence-corrected chi connectivity index (χ0v) is 10.0. The lowest BCUT2D eigenvalue weighted by atomic mass is 10.2. The largest absolute Gasteiger partial charge is 0.492 e. The van der Waals surface area contributed by atoms with Crippen LogP contribution in [0.2, 0.25) is 0 Å². The molecule has 90 valence electrons. The van der Waals surface area contributed by atoms with Gasteiger partial charge in [0, 0.05) is 0 Å². The van der Waals surface area contributed by atoms with E-state index in [-0.39, 0.29) is 24.7 Å². The standard InChI is InChI=1S/C13H15NO3/c1-3-17-12-5-4-9(2)6-11(12)14-8-10(15)7-13(14)16/h4-6H,3,7-8H2,1-2H3. The number of hydrogen-bond acceptors (Lipinski definition) is 3. The topological polar surface area (TPSA) is 46.6 Å². The molecule has 2 rings (SSSR count). The first-order valence-corrected chi connectivity index (χ1v) is 5.67. The van der Waals surface area contributed by atoms with E-state index in [0.717, 1.165) is 5.56 Å². The lowest BCUT2D eigenvalue weighted by Gasteiger charge is -2.19. The van der Waals surface area contributed by atoms with Gasteiger partial charge in [0.2, 0.25) is 5.91 Å². The second-order valence-electron chi connectivity index (χ2n) is 4.10. The predicted molar refractivity (Wildman–Crippen MR) is 64.3 cm³/mol. The molecule has 1 aromatic rings. The van der Waals surface area contributed by atoms with Gasteiger partial charge in [-0.05, 0) is 31.5 Å². The summed E-state index contributed by atoms with van der Waals surface area (Å²) in [6.45, 7) is 4.52. The minimum Gasteiger partial charge on any atom is -0.492 e. The third-order valence-corrected chi connectivity index (χ3v) is 2.69. The summed E-state index contributed by atoms with van der Waals surface area (Å²) in [5, 5.41) is 0. The fourth-order valence-corrected chi connectivity index (χ4v) is 1.92. The van der Waals surface area contributed by atoms with Crippen LogP contribution in [0.25, 0.3) is 0 Å². The minimum absolute atomic E-state index is 0.000489. The molecule has 4 nitrogen and oxygen atoms in total. The Bertz CT molecular complexity index is 468. The highest BCUT2D eigenvalue weighted by Crippen LogP contribution is 2.31. The molecule has 1 amide bonds. The van der Waals surface area contributed by atoms with E-state index in [1.54, 1.807) is 0 Å². The average Bonchev–Trinajstić information content (AvgIpc) is 2.61. The van der Waals surface area contributed by atoms with Crippen LogP contribution >= 0.6 is 0 Å². The summed E-state index contributed by atoms with van der Waals surface area (Å²) in [4.78, 5) is 24.5. The van der Waals surface area contributed by atoms with Crippen molar-refractivity contribution in [2.75, 3.05) is 18.1 Å². The Labute approximate surface area is 100 Å². The number of hydrogen-bond donors (Lipinski definition) is 0. The highest BCUT2D eigenvalue weighted by molar-refractivity contribution is 6.15. The average molecular weight is 233 g/mol. The summed E-state index contributed by atoms with van der Waals surface area (Å²) < 4.78 is 5.48. The molecule has 0 atom stereocenters. The molecule has 0 saturated carbocycles. The molecule has 1 saturated heterocycles. The lowest BCUT2D eigenvalue weighted by Crippen LogP contribution is -2.25. The summed E-state index contributed by atoms with van der Waals surface area (Å²) >= 11 is 0. The third kappa shape index (κ3) is 2.30. The van der Waals surface area contributed by atoms with Gasteiger partial charge in [-0.15, -0.1) is 0 Å². The molecular weight excluding hydrogens is 218 g/mol. The van der Waals surface area contributed by atoms with E-state index in [4.69, 9.17) is 4.74 Å². The van der Waals surface area contributed by atoms with Crippen LogP contribution in [-0.4, -0.2) is 24.8 Å². The Balaban J connectivity index is 2.39. The zero-order valence-electron chi connectivity index (χ0n) is 10.0. The Morgan fingerprint density at radius 2 is 2.12 bits per heavy atom. The van der Waals surface area contributed by atoms with Crippen molar-refractivity contribution in [2.45, 2.75) is 20.3 Å². The summed E-state index contributed by atoms with van der Waals surface area (Å²) in [6.07, 6.45) is -0.000489. The molecule has 4 heteroatoms. The first-order valence-electron chi connectivity index (χ1n) is 5.67. The van der Waals surface area contributed by atoms with Gasteiger partial charge in [0.05, 0.1) is 25.3 Å². The second-order valence-corrected chi connectivity index (χ2v) is 4.10. The summed E-state index contributed by atoms with van der Waals surface area (Å²) in [5.74, 6) is 0.460. The fourth-order valence-electron chi connectivity index (χ4n) is 1.92. The van der Waals surface area contributed by atoms with Gasteiger partial charge in [-0.1, -0.05) is 6.07 Å². The first-order chi connectivity index (χ1) is 8.11. The number of amides is 1. The van der Waals surface area contributed by atoms with Crippen molar-refractivity contribution in [2.24, 2.45) is 0 Å². The Kier molecular flexibility index (Phi) is 3.13. The van der Waals surface area contributed by atoms with E-state index in [0.29, 0.717) is 18.0 Å². The summed E-state index contributed by atoms with van der Waals surface area (Å²) in [5.41, 5.74) is 1.73. The number of anilines is 1. The van der Waals surface area contributed by atoms with Gasteiger partial charge in [-0.3, -0.25) is 9.59 Å². The number of Topliss-reactive ketones (excluding diaryl/α,β-unsaturated/α-hetero) is 1. The first kappa shape index (κ1) is 11.6. The third-order valence-electron chi connectivity index (χ3n) is 2.69. The van der Waals surface area contributed by atoms with Gasteiger partial charge in [0.1, 0.15) is 5.75 Å². The fraction of sp³-hybridized carbons (Fsp3) is 0.385. The molecule has 1 fully saturated rings. The molecule has 0 N–H and O–H groups in total. The van der Waals surface area contributed by atoms with Crippen LogP contribution < -0.4 is 9.64 Å². The maximum Gasteiger partial charge on any atom is 0.235 e. The van der Waals surface area contributed by atoms with Crippen LogP contribution in [0.15, 0.2) is 18.2 Å². The van der Waals surface area contributed by atoms with Crippen molar-refractivity contribution < 1.29 is 14.3 Å². The van der Waals surface area contributed by atoms with Crippen LogP contribution in [0, 0.1) is 6.92 Å². The van der Waals surface area contributed by atoms with Crippen molar-refractivity contribution in [1.29, 1.82) is 0 Å². The van der Waals surface area contributed by atoms with Gasteiger partial charge in [0.25, 0.3) is 0 Å². The van der Waals surface area contributed by atoms with Crippen molar-refractivity contribution >= 4 is 17.4 Å². The molecule has 17 heavy (non-hydrogen) atoms. The molecule has 1 aromatic carbocycles. The zero-order chi connectivity index (χ0) is 12.4. The van der Waals surface area contributed by atoms with Crippen molar-refractivity contribution in [3.8, 4) is 5.75 Å². The molecule has 0 aliphatic carbocycles. The molecule has 0 spiro atoms. The van der Waals surface area contributed by atoms with Crippen LogP contribution in [0.5, 0.6) is 5.75 Å². The van der Waals surface area contributed by atoms with Gasteiger partial charge < -0.3 is 9.64 Å². The number of ether oxygens (including phenoxy) is 1. The number of aryl methyl sites for hydroxylation is 1. The number of carbonyl (C=O) groups excluding carboxylic acids is 2. The number of carbonyl (C=O) groups is 2. The maximum atomic E-state index is 11.7. The van der Waals surface area contributed by atoms with E-state index in [1.807, 2.05) is 32.0 Å². The van der Waals surface area contributed by atoms with Gasteiger partial charge >= 0.3 is 0 Å². The van der Waals surface area contributed by atoms with E-state index in [9.17, 15) is 9.59 Å². The van der Waals surface area contributed by atoms with E-state index in [2.05, 4.69) is 0 Å². The number of nitrogens with zero attached hydrogens (tertiary/aromatic N) is 1. The summed E-state index contributed by atoms with van der Waals surface area (Å²) in [6, 6.07) is 5.64. The van der Waals surface area contributed by atoms with E-state index in [1.165, 1.54) is 4.90 Å². The van der Waals surface area contributed by atoms with Gasteiger partial charge in [-0.2, -0.15) is 0 Å². The molecule has 1 aliphatic rings. The molecule has 0 aromatic heterocycles. The predicted octanol–water partition coefficient (Wildman–Crippen LogP) is 1.70. The SMILES string of the molecule is CCOc1ccc(C)cc1N1CC(=O)CC1=O. The smallest absolute Gasteiger partial charge is 0.235 e. The molecular formula is C13H15NO3. The monoisotopic (exact) mass is 233 g/mol. The molecule has 0 radical (unpaired) electrons. The highest BCUT2D eigenvalue weighted by atomic mass is 16.5. The molecule has 0 unspecified atom stereocenters. The van der Waals surface area contributed by atoms with Gasteiger partial charge in [0.15, 0.2) is 5.78 Å². The Morgan fingerprint density at radius 1 is 1.35 bits per heavy atom. The Morgan fingerprint density at radius 3 is 2.71 bits per heavy atom. The normalized spacial score (nSPS) is 15.5. The van der Waals surface area contributed by atoms with Crippen molar-refractivity contribution in [1.82, 2.24) is 0 Å². The summed E-state index contributed by atoms with van der Waals surface area (Å²) in [7, 11) is 0. The van der Waals surface area contributed by atoms with Crippen LogP contribution in [0.4, 0.5) is 5.69 Å². The number of benzene rings is 1. The minimum atomic E-state index is -0.151. The Hall–Kier alpha value is -1.84. The molecule has 1 aliphatic heterocycles. The van der Waals surface area contributed by atoms with Crippen LogP contribution in [0.1, 0.15) is 18.9 Å². The number of ketones is 1. The van der Waals surface area contributed by atoms with Crippen molar-refractivity contribution in [3.63, 3.8) is 0 Å². The maximum absolute atomic E-state index is 11.7. The van der Waals surface area contributed by atoms with E-state index < -0.39 is 0 Å². The lowest BCUT2D eigenvalue weighted by molar-refractivity contribution is -0.121. The molecule has 0 bridgehead atoms. The van der Waals surface area contributed by atoms with Gasteiger partial charge in [-0.25, -0.2) is 0 Å². The van der Waals surface area contributed by atoms with Crippen LogP contribution in [0.3, 0.4) is 0 Å².